The Morgan fingerprint density at radius 1 is 0.925 bits per heavy atom. The third kappa shape index (κ3) is 7.08. The van der Waals surface area contributed by atoms with Crippen LogP contribution in [0.4, 0.5) is 5.69 Å². The molecule has 214 valence electrons. The van der Waals surface area contributed by atoms with Gasteiger partial charge in [0.05, 0.1) is 32.0 Å². The number of aryl methyl sites for hydroxylation is 2. The Morgan fingerprint density at radius 2 is 1.55 bits per heavy atom. The zero-order valence-electron chi connectivity index (χ0n) is 23.9. The number of anilines is 1. The van der Waals surface area contributed by atoms with Crippen molar-refractivity contribution >= 4 is 17.6 Å². The van der Waals surface area contributed by atoms with Gasteiger partial charge < -0.3 is 19.9 Å². The Bertz CT molecular complexity index is 1210. The first-order chi connectivity index (χ1) is 19.5. The zero-order valence-corrected chi connectivity index (χ0v) is 23.9. The fraction of sp³-hybridized carbons (Fsp3) is 0.455. The van der Waals surface area contributed by atoms with Crippen molar-refractivity contribution in [2.24, 2.45) is 11.8 Å². The van der Waals surface area contributed by atoms with E-state index in [1.54, 1.807) is 6.92 Å². The van der Waals surface area contributed by atoms with Gasteiger partial charge in [0, 0.05) is 42.7 Å². The number of benzene rings is 2. The number of allylic oxidation sites excluding steroid dienone is 1. The zero-order chi connectivity index (χ0) is 28.5. The van der Waals surface area contributed by atoms with E-state index in [2.05, 4.69) is 48.3 Å². The predicted molar refractivity (Wildman–Crippen MR) is 157 cm³/mol. The number of para-hydroxylation sites is 1. The quantitative estimate of drug-likeness (QED) is 0.319. The highest BCUT2D eigenvalue weighted by atomic mass is 16.5. The number of carbonyl (C=O) groups is 2. The van der Waals surface area contributed by atoms with Gasteiger partial charge in [-0.2, -0.15) is 0 Å². The number of amides is 1. The topological polar surface area (TPSA) is 88.1 Å². The second kappa shape index (κ2) is 14.4. The van der Waals surface area contributed by atoms with E-state index >= 15 is 0 Å². The molecular formula is C33H42N2O5. The molecule has 2 aliphatic rings. The van der Waals surface area contributed by atoms with Crippen LogP contribution in [0.3, 0.4) is 0 Å². The van der Waals surface area contributed by atoms with Crippen molar-refractivity contribution in [1.82, 2.24) is 4.90 Å². The average molecular weight is 547 g/mol. The van der Waals surface area contributed by atoms with Crippen molar-refractivity contribution in [3.8, 4) is 0 Å². The number of nitrogens with one attached hydrogen (secondary N) is 1. The minimum atomic E-state index is -0.592. The molecule has 1 unspecified atom stereocenters. The maximum Gasteiger partial charge on any atom is 0.335 e. The largest absolute Gasteiger partial charge is 0.463 e. The van der Waals surface area contributed by atoms with Gasteiger partial charge in [-0.05, 0) is 48.4 Å². The monoisotopic (exact) mass is 546 g/mol. The van der Waals surface area contributed by atoms with Crippen LogP contribution in [0.25, 0.3) is 0 Å². The molecule has 1 aliphatic heterocycles. The molecule has 0 aromatic heterocycles. The standard InChI is InChI=1S/C33H42N2O5/c1-4-25-8-7-9-26(5-2)31(25)34-32(37)29-28(22-36)15-14-27(30(29)33(38)40-6-3)20-23-10-12-24(13-11-23)21-35-16-18-39-19-17-35/h7-15,27-28,36H,4-6,16-22H2,1-3H3,(H,34,37)/t27?,28-/m0/s1. The highest BCUT2D eigenvalue weighted by molar-refractivity contribution is 6.10. The molecule has 1 aliphatic carbocycles. The van der Waals surface area contributed by atoms with Crippen LogP contribution >= 0.6 is 0 Å². The molecule has 2 atom stereocenters. The Labute approximate surface area is 237 Å². The van der Waals surface area contributed by atoms with Crippen molar-refractivity contribution in [3.63, 3.8) is 0 Å². The first-order valence-electron chi connectivity index (χ1n) is 14.5. The van der Waals surface area contributed by atoms with Crippen LogP contribution in [-0.4, -0.2) is 61.4 Å². The average Bonchev–Trinajstić information content (AvgIpc) is 2.98. The summed E-state index contributed by atoms with van der Waals surface area (Å²) < 4.78 is 10.9. The first kappa shape index (κ1) is 29.7. The highest BCUT2D eigenvalue weighted by Gasteiger charge is 2.35. The van der Waals surface area contributed by atoms with Crippen LogP contribution in [0.1, 0.15) is 43.0 Å². The van der Waals surface area contributed by atoms with Crippen molar-refractivity contribution in [1.29, 1.82) is 0 Å². The van der Waals surface area contributed by atoms with Crippen molar-refractivity contribution in [2.75, 3.05) is 44.8 Å². The van der Waals surface area contributed by atoms with E-state index < -0.39 is 11.9 Å². The van der Waals surface area contributed by atoms with E-state index in [0.29, 0.717) is 12.0 Å². The number of morpholine rings is 1. The molecule has 2 aromatic rings. The van der Waals surface area contributed by atoms with Gasteiger partial charge in [0.15, 0.2) is 0 Å². The molecule has 40 heavy (non-hydrogen) atoms. The lowest BCUT2D eigenvalue weighted by atomic mass is 9.78. The van der Waals surface area contributed by atoms with E-state index in [0.717, 1.165) is 68.1 Å². The molecule has 1 heterocycles. The number of rotatable bonds is 11. The van der Waals surface area contributed by atoms with E-state index in [1.165, 1.54) is 5.56 Å². The van der Waals surface area contributed by atoms with E-state index in [1.807, 2.05) is 30.4 Å². The molecule has 0 spiro atoms. The minimum Gasteiger partial charge on any atom is -0.463 e. The summed E-state index contributed by atoms with van der Waals surface area (Å²) in [5.74, 6) is -1.82. The molecule has 1 fully saturated rings. The fourth-order valence-electron chi connectivity index (χ4n) is 5.58. The summed E-state index contributed by atoms with van der Waals surface area (Å²) in [7, 11) is 0. The van der Waals surface area contributed by atoms with E-state index in [4.69, 9.17) is 9.47 Å². The lowest BCUT2D eigenvalue weighted by molar-refractivity contribution is -0.139. The molecule has 1 saturated heterocycles. The summed E-state index contributed by atoms with van der Waals surface area (Å²) >= 11 is 0. The van der Waals surface area contributed by atoms with Crippen LogP contribution in [0.5, 0.6) is 0 Å². The van der Waals surface area contributed by atoms with Gasteiger partial charge in [0.2, 0.25) is 0 Å². The first-order valence-corrected chi connectivity index (χ1v) is 14.5. The smallest absolute Gasteiger partial charge is 0.335 e. The molecule has 1 amide bonds. The molecule has 2 N–H and O–H groups in total. The van der Waals surface area contributed by atoms with Gasteiger partial charge >= 0.3 is 5.97 Å². The second-order valence-electron chi connectivity index (χ2n) is 10.3. The number of esters is 1. The van der Waals surface area contributed by atoms with Gasteiger partial charge in [-0.1, -0.05) is 68.5 Å². The number of hydrogen-bond donors (Lipinski definition) is 2. The molecular weight excluding hydrogens is 504 g/mol. The normalized spacial score (nSPS) is 19.5. The second-order valence-corrected chi connectivity index (χ2v) is 10.3. The Kier molecular flexibility index (Phi) is 10.7. The molecule has 7 nitrogen and oxygen atoms in total. The van der Waals surface area contributed by atoms with Crippen molar-refractivity contribution < 1.29 is 24.2 Å². The summed E-state index contributed by atoms with van der Waals surface area (Å²) in [6.07, 6.45) is 5.86. The summed E-state index contributed by atoms with van der Waals surface area (Å²) in [6, 6.07) is 14.5. The number of aliphatic hydroxyl groups is 1. The molecule has 7 heteroatoms. The summed E-state index contributed by atoms with van der Waals surface area (Å²) in [5.41, 5.74) is 5.75. The van der Waals surface area contributed by atoms with Crippen LogP contribution in [0, 0.1) is 11.8 Å². The minimum absolute atomic E-state index is 0.201. The third-order valence-electron chi connectivity index (χ3n) is 7.77. The Hall–Kier alpha value is -3.26. The van der Waals surface area contributed by atoms with Gasteiger partial charge in [-0.15, -0.1) is 0 Å². The van der Waals surface area contributed by atoms with E-state index in [9.17, 15) is 14.7 Å². The van der Waals surface area contributed by atoms with Crippen molar-refractivity contribution in [2.45, 2.75) is 46.6 Å². The molecule has 0 radical (unpaired) electrons. The molecule has 0 bridgehead atoms. The lowest BCUT2D eigenvalue weighted by Crippen LogP contribution is -2.35. The van der Waals surface area contributed by atoms with Gasteiger partial charge in [0.25, 0.3) is 5.91 Å². The summed E-state index contributed by atoms with van der Waals surface area (Å²) in [4.78, 5) is 29.6. The number of carbonyl (C=O) groups excluding carboxylic acids is 2. The Morgan fingerprint density at radius 3 is 2.15 bits per heavy atom. The van der Waals surface area contributed by atoms with Crippen LogP contribution in [-0.2, 0) is 44.9 Å². The van der Waals surface area contributed by atoms with Gasteiger partial charge in [-0.25, -0.2) is 4.79 Å². The van der Waals surface area contributed by atoms with E-state index in [-0.39, 0.29) is 30.6 Å². The van der Waals surface area contributed by atoms with Crippen LogP contribution in [0.2, 0.25) is 0 Å². The number of aliphatic hydroxyl groups excluding tert-OH is 1. The molecule has 4 rings (SSSR count). The van der Waals surface area contributed by atoms with Crippen LogP contribution in [0.15, 0.2) is 65.8 Å². The number of ether oxygens (including phenoxy) is 2. The molecule has 0 saturated carbocycles. The predicted octanol–water partition coefficient (Wildman–Crippen LogP) is 4.48. The number of hydrogen-bond acceptors (Lipinski definition) is 6. The van der Waals surface area contributed by atoms with Gasteiger partial charge in [0.1, 0.15) is 0 Å². The maximum atomic E-state index is 13.9. The fourth-order valence-corrected chi connectivity index (χ4v) is 5.58. The summed E-state index contributed by atoms with van der Waals surface area (Å²) in [5, 5.41) is 13.3. The lowest BCUT2D eigenvalue weighted by Gasteiger charge is -2.28. The number of nitrogens with zero attached hydrogens (tertiary/aromatic N) is 1. The Balaban J connectivity index is 1.63. The molecule has 2 aromatic carbocycles. The SMILES string of the molecule is CCOC(=O)C1=C(C(=O)Nc2c(CC)cccc2CC)[C@H](CO)C=CC1Cc1ccc(CN2CCOCC2)cc1. The highest BCUT2D eigenvalue weighted by Crippen LogP contribution is 2.34. The van der Waals surface area contributed by atoms with Crippen LogP contribution < -0.4 is 5.32 Å². The van der Waals surface area contributed by atoms with Crippen molar-refractivity contribution in [3.05, 3.63) is 88.0 Å². The van der Waals surface area contributed by atoms with Gasteiger partial charge in [-0.3, -0.25) is 9.69 Å². The summed E-state index contributed by atoms with van der Waals surface area (Å²) in [6.45, 7) is 10.1. The third-order valence-corrected chi connectivity index (χ3v) is 7.77. The maximum absolute atomic E-state index is 13.9.